The summed E-state index contributed by atoms with van der Waals surface area (Å²) in [6, 6.07) is 10.5. The van der Waals surface area contributed by atoms with E-state index in [0.29, 0.717) is 37.5 Å². The van der Waals surface area contributed by atoms with E-state index in [1.165, 1.54) is 0 Å². The van der Waals surface area contributed by atoms with E-state index < -0.39 is 5.92 Å². The summed E-state index contributed by atoms with van der Waals surface area (Å²) in [5, 5.41) is 28.2. The molecule has 170 valence electrons. The van der Waals surface area contributed by atoms with Crippen LogP contribution in [-0.2, 0) is 11.3 Å². The molecule has 0 spiro atoms. The van der Waals surface area contributed by atoms with Crippen molar-refractivity contribution in [3.05, 3.63) is 40.7 Å². The zero-order valence-corrected chi connectivity index (χ0v) is 19.1. The number of hydrogen-bond donors (Lipinski definition) is 1. The zero-order chi connectivity index (χ0) is 23.5. The normalized spacial score (nSPS) is 21.5. The standard InChI is InChI=1S/C24H27N7O2/c1-4-33-24(32)31-9-7-30(8-10-31)14-22-18-11-17(5-6-21(18)28-29-22)23-19(12-25)15(2)27-16(3)20(23)13-26/h5-6,11,19,23H,4,7-10,14H2,1-3H3,(H,28,29). The van der Waals surface area contributed by atoms with Gasteiger partial charge in [0.05, 0.1) is 47.1 Å². The van der Waals surface area contributed by atoms with Gasteiger partial charge in [-0.05, 0) is 38.5 Å². The molecule has 0 bridgehead atoms. The van der Waals surface area contributed by atoms with Crippen molar-refractivity contribution in [1.82, 2.24) is 20.0 Å². The predicted molar refractivity (Wildman–Crippen MR) is 123 cm³/mol. The van der Waals surface area contributed by atoms with Crippen molar-refractivity contribution >= 4 is 22.7 Å². The van der Waals surface area contributed by atoms with E-state index in [0.717, 1.165) is 41.0 Å². The lowest BCUT2D eigenvalue weighted by molar-refractivity contribution is 0.0776. The van der Waals surface area contributed by atoms with Crippen LogP contribution in [0.3, 0.4) is 0 Å². The third kappa shape index (κ3) is 4.33. The van der Waals surface area contributed by atoms with Crippen LogP contribution in [0.1, 0.15) is 37.9 Å². The molecule has 0 aliphatic carbocycles. The second kappa shape index (κ2) is 9.43. The van der Waals surface area contributed by atoms with Crippen LogP contribution in [-0.4, -0.2) is 64.6 Å². The number of nitrogens with zero attached hydrogens (tertiary/aromatic N) is 6. The highest BCUT2D eigenvalue weighted by molar-refractivity contribution is 5.91. The third-order valence-corrected chi connectivity index (χ3v) is 6.38. The van der Waals surface area contributed by atoms with Gasteiger partial charge in [0.15, 0.2) is 0 Å². The molecule has 4 rings (SSSR count). The van der Waals surface area contributed by atoms with E-state index in [4.69, 9.17) is 4.74 Å². The van der Waals surface area contributed by atoms with Crippen LogP contribution in [0.4, 0.5) is 4.79 Å². The lowest BCUT2D eigenvalue weighted by Gasteiger charge is -2.33. The topological polar surface area (TPSA) is 121 Å². The second-order valence-electron chi connectivity index (χ2n) is 8.39. The van der Waals surface area contributed by atoms with Gasteiger partial charge in [-0.1, -0.05) is 6.07 Å². The molecule has 1 amide bonds. The largest absolute Gasteiger partial charge is 0.450 e. The lowest BCUT2D eigenvalue weighted by Crippen LogP contribution is -2.48. The Bertz CT molecular complexity index is 1210. The maximum atomic E-state index is 11.9. The number of hydrogen-bond acceptors (Lipinski definition) is 7. The highest BCUT2D eigenvalue weighted by Gasteiger charge is 2.34. The van der Waals surface area contributed by atoms with Crippen molar-refractivity contribution < 1.29 is 9.53 Å². The Morgan fingerprint density at radius 3 is 2.67 bits per heavy atom. The molecule has 2 atom stereocenters. The highest BCUT2D eigenvalue weighted by Crippen LogP contribution is 2.39. The van der Waals surface area contributed by atoms with Gasteiger partial charge in [0.25, 0.3) is 0 Å². The van der Waals surface area contributed by atoms with Gasteiger partial charge >= 0.3 is 6.09 Å². The molecule has 0 radical (unpaired) electrons. The number of rotatable bonds is 4. The predicted octanol–water partition coefficient (Wildman–Crippen LogP) is 3.33. The Hall–Kier alpha value is -3.69. The Labute approximate surface area is 192 Å². The molecule has 9 nitrogen and oxygen atoms in total. The van der Waals surface area contributed by atoms with Crippen LogP contribution in [0.25, 0.3) is 10.9 Å². The van der Waals surface area contributed by atoms with Crippen LogP contribution in [0.15, 0.2) is 34.5 Å². The third-order valence-electron chi connectivity index (χ3n) is 6.38. The molecule has 0 saturated carbocycles. The zero-order valence-electron chi connectivity index (χ0n) is 19.1. The molecule has 2 unspecified atom stereocenters. The second-order valence-corrected chi connectivity index (χ2v) is 8.39. The summed E-state index contributed by atoms with van der Waals surface area (Å²) in [7, 11) is 0. The maximum Gasteiger partial charge on any atom is 0.409 e. The summed E-state index contributed by atoms with van der Waals surface area (Å²) in [6.07, 6.45) is -0.260. The average molecular weight is 446 g/mol. The molecule has 1 aromatic heterocycles. The molecular weight excluding hydrogens is 418 g/mol. The summed E-state index contributed by atoms with van der Waals surface area (Å²) in [6.45, 7) is 9.25. The molecule has 1 saturated heterocycles. The van der Waals surface area contributed by atoms with Crippen molar-refractivity contribution in [3.8, 4) is 12.1 Å². The number of benzene rings is 1. The number of ether oxygens (including phenoxy) is 1. The number of piperazine rings is 1. The van der Waals surface area contributed by atoms with Gasteiger partial charge in [0.2, 0.25) is 0 Å². The van der Waals surface area contributed by atoms with Gasteiger partial charge in [-0.3, -0.25) is 15.0 Å². The van der Waals surface area contributed by atoms with Crippen LogP contribution in [0.2, 0.25) is 0 Å². The van der Waals surface area contributed by atoms with Crippen molar-refractivity contribution in [1.29, 1.82) is 10.5 Å². The first kappa shape index (κ1) is 22.5. The Morgan fingerprint density at radius 1 is 1.24 bits per heavy atom. The minimum Gasteiger partial charge on any atom is -0.450 e. The van der Waals surface area contributed by atoms with Gasteiger partial charge in [-0.25, -0.2) is 4.79 Å². The van der Waals surface area contributed by atoms with Gasteiger partial charge in [-0.15, -0.1) is 0 Å². The molecule has 1 aromatic carbocycles. The average Bonchev–Trinajstić information content (AvgIpc) is 3.21. The fraction of sp³-hybridized carbons (Fsp3) is 0.458. The maximum absolute atomic E-state index is 11.9. The summed E-state index contributed by atoms with van der Waals surface area (Å²) in [4.78, 5) is 20.4. The smallest absolute Gasteiger partial charge is 0.409 e. The fourth-order valence-corrected chi connectivity index (χ4v) is 4.63. The van der Waals surface area contributed by atoms with Gasteiger partial charge in [0.1, 0.15) is 0 Å². The van der Waals surface area contributed by atoms with Crippen molar-refractivity contribution in [3.63, 3.8) is 0 Å². The Kier molecular flexibility index (Phi) is 6.43. The minimum absolute atomic E-state index is 0.260. The van der Waals surface area contributed by atoms with Crippen molar-refractivity contribution in [2.24, 2.45) is 10.9 Å². The number of aromatic amines is 1. The van der Waals surface area contributed by atoms with E-state index in [-0.39, 0.29) is 12.0 Å². The number of aromatic nitrogens is 2. The summed E-state index contributed by atoms with van der Waals surface area (Å²) in [5.41, 5.74) is 4.66. The molecule has 2 aliphatic rings. The number of carbonyl (C=O) groups excluding carboxylic acids is 1. The summed E-state index contributed by atoms with van der Waals surface area (Å²) < 4.78 is 5.10. The lowest BCUT2D eigenvalue weighted by atomic mass is 9.76. The van der Waals surface area contributed by atoms with Crippen molar-refractivity contribution in [2.45, 2.75) is 33.2 Å². The van der Waals surface area contributed by atoms with Crippen LogP contribution in [0, 0.1) is 28.6 Å². The Balaban J connectivity index is 1.58. The molecule has 3 heterocycles. The molecule has 9 heteroatoms. The number of amides is 1. The highest BCUT2D eigenvalue weighted by atomic mass is 16.6. The number of carbonyl (C=O) groups is 1. The van der Waals surface area contributed by atoms with Crippen LogP contribution in [0.5, 0.6) is 0 Å². The van der Waals surface area contributed by atoms with E-state index in [1.807, 2.05) is 39.0 Å². The summed E-state index contributed by atoms with van der Waals surface area (Å²) >= 11 is 0. The number of allylic oxidation sites excluding steroid dienone is 2. The molecule has 2 aliphatic heterocycles. The monoisotopic (exact) mass is 445 g/mol. The minimum atomic E-state index is -0.480. The number of H-pyrrole nitrogens is 1. The summed E-state index contributed by atoms with van der Waals surface area (Å²) in [5.74, 6) is -0.829. The fourth-order valence-electron chi connectivity index (χ4n) is 4.63. The molecule has 1 fully saturated rings. The molecule has 33 heavy (non-hydrogen) atoms. The van der Waals surface area contributed by atoms with E-state index >= 15 is 0 Å². The van der Waals surface area contributed by atoms with Gasteiger partial charge in [0, 0.05) is 49.7 Å². The van der Waals surface area contributed by atoms with E-state index in [9.17, 15) is 15.3 Å². The first-order valence-electron chi connectivity index (χ1n) is 11.1. The molecule has 2 aromatic rings. The van der Waals surface area contributed by atoms with Crippen molar-refractivity contribution in [2.75, 3.05) is 32.8 Å². The SMILES string of the molecule is CCOC(=O)N1CCN(Cc2[nH]nc3ccc(C4C(C#N)=C(C)N=C(C)C4C#N)cc23)CC1. The quantitative estimate of drug-likeness (QED) is 0.770. The van der Waals surface area contributed by atoms with E-state index in [1.54, 1.807) is 4.90 Å². The molecular formula is C24H27N7O2. The molecule has 1 N–H and O–H groups in total. The van der Waals surface area contributed by atoms with Gasteiger partial charge < -0.3 is 9.64 Å². The number of nitriles is 2. The number of aliphatic imine (C=N–C) groups is 1. The van der Waals surface area contributed by atoms with Gasteiger partial charge in [-0.2, -0.15) is 15.6 Å². The van der Waals surface area contributed by atoms with Crippen LogP contribution < -0.4 is 0 Å². The Morgan fingerprint density at radius 2 is 2.00 bits per heavy atom. The van der Waals surface area contributed by atoms with E-state index in [2.05, 4.69) is 32.2 Å². The first-order chi connectivity index (χ1) is 16.0. The van der Waals surface area contributed by atoms with Crippen LogP contribution >= 0.6 is 0 Å². The number of nitrogens with one attached hydrogen (secondary N) is 1. The number of fused-ring (bicyclic) bond motifs is 1. The first-order valence-corrected chi connectivity index (χ1v) is 11.1.